The van der Waals surface area contributed by atoms with Gasteiger partial charge in [0.05, 0.1) is 24.8 Å². The van der Waals surface area contributed by atoms with Gasteiger partial charge in [-0.1, -0.05) is 42.5 Å². The fourth-order valence-electron chi connectivity index (χ4n) is 2.95. The summed E-state index contributed by atoms with van der Waals surface area (Å²) in [7, 11) is 0. The lowest BCUT2D eigenvalue weighted by atomic mass is 10.0. The molecule has 1 saturated heterocycles. The number of halogens is 1. The second kappa shape index (κ2) is 8.42. The van der Waals surface area contributed by atoms with Crippen LogP contribution < -0.4 is 5.32 Å². The van der Waals surface area contributed by atoms with Crippen molar-refractivity contribution in [3.63, 3.8) is 0 Å². The van der Waals surface area contributed by atoms with Gasteiger partial charge in [-0.2, -0.15) is 0 Å². The summed E-state index contributed by atoms with van der Waals surface area (Å²) in [4.78, 5) is 14.9. The lowest BCUT2D eigenvalue weighted by Gasteiger charge is -2.35. The number of morpholine rings is 1. The minimum absolute atomic E-state index is 0.0586. The van der Waals surface area contributed by atoms with Crippen molar-refractivity contribution in [2.45, 2.75) is 6.04 Å². The highest BCUT2D eigenvalue weighted by Gasteiger charge is 2.23. The molecule has 2 aromatic rings. The van der Waals surface area contributed by atoms with Gasteiger partial charge < -0.3 is 10.1 Å². The van der Waals surface area contributed by atoms with Crippen LogP contribution in [0.2, 0.25) is 0 Å². The number of rotatable bonds is 5. The van der Waals surface area contributed by atoms with Gasteiger partial charge in [-0.25, -0.2) is 0 Å². The van der Waals surface area contributed by atoms with E-state index in [1.807, 2.05) is 42.5 Å². The van der Waals surface area contributed by atoms with E-state index >= 15 is 0 Å². The Kier molecular flexibility index (Phi) is 6.01. The molecule has 0 unspecified atom stereocenters. The normalized spacial score (nSPS) is 16.5. The Labute approximate surface area is 150 Å². The third-order valence-corrected chi connectivity index (χ3v) is 4.94. The molecule has 0 spiro atoms. The summed E-state index contributed by atoms with van der Waals surface area (Å²) in [6.07, 6.45) is 0. The summed E-state index contributed by atoms with van der Waals surface area (Å²) < 4.78 is 6.27. The lowest BCUT2D eigenvalue weighted by molar-refractivity contribution is 0.0162. The van der Waals surface area contributed by atoms with E-state index in [9.17, 15) is 4.79 Å². The van der Waals surface area contributed by atoms with E-state index in [4.69, 9.17) is 4.74 Å². The van der Waals surface area contributed by atoms with Crippen LogP contribution in [0, 0.1) is 0 Å². The minimum atomic E-state index is -0.0586. The second-order valence-electron chi connectivity index (χ2n) is 5.76. The van der Waals surface area contributed by atoms with Gasteiger partial charge in [0.25, 0.3) is 5.91 Å². The molecule has 5 heteroatoms. The van der Waals surface area contributed by atoms with Gasteiger partial charge in [0, 0.05) is 24.1 Å². The summed E-state index contributed by atoms with van der Waals surface area (Å²) >= 11 is 3.44. The highest BCUT2D eigenvalue weighted by Crippen LogP contribution is 2.22. The Balaban J connectivity index is 1.72. The third kappa shape index (κ3) is 4.23. The number of amides is 1. The minimum Gasteiger partial charge on any atom is -0.379 e. The van der Waals surface area contributed by atoms with Crippen molar-refractivity contribution in [1.29, 1.82) is 0 Å². The largest absolute Gasteiger partial charge is 0.379 e. The number of nitrogens with zero attached hydrogens (tertiary/aromatic N) is 1. The van der Waals surface area contributed by atoms with Gasteiger partial charge in [-0.05, 0) is 33.6 Å². The summed E-state index contributed by atoms with van der Waals surface area (Å²) in [5.41, 5.74) is 1.87. The van der Waals surface area contributed by atoms with Crippen LogP contribution in [-0.2, 0) is 4.74 Å². The molecule has 1 atom stereocenters. The molecule has 2 aromatic carbocycles. The van der Waals surface area contributed by atoms with Gasteiger partial charge in [-0.15, -0.1) is 0 Å². The fourth-order valence-corrected chi connectivity index (χ4v) is 3.42. The molecule has 3 rings (SSSR count). The maximum Gasteiger partial charge on any atom is 0.252 e. The standard InChI is InChI=1S/C19H21BrN2O2/c20-17-9-5-4-8-16(17)19(23)21-14-18(15-6-2-1-3-7-15)22-10-12-24-13-11-22/h1-9,18H,10-14H2,(H,21,23)/t18-/m0/s1. The molecule has 1 N–H and O–H groups in total. The van der Waals surface area contributed by atoms with E-state index in [0.29, 0.717) is 12.1 Å². The van der Waals surface area contributed by atoms with Gasteiger partial charge in [0.15, 0.2) is 0 Å². The molecule has 4 nitrogen and oxygen atoms in total. The molecular weight excluding hydrogens is 368 g/mol. The Morgan fingerprint density at radius 1 is 1.08 bits per heavy atom. The Morgan fingerprint density at radius 2 is 1.75 bits per heavy atom. The van der Waals surface area contributed by atoms with Crippen LogP contribution in [0.5, 0.6) is 0 Å². The number of hydrogen-bond acceptors (Lipinski definition) is 3. The molecular formula is C19H21BrN2O2. The third-order valence-electron chi connectivity index (χ3n) is 4.25. The van der Waals surface area contributed by atoms with Crippen molar-refractivity contribution < 1.29 is 9.53 Å². The number of hydrogen-bond donors (Lipinski definition) is 1. The van der Waals surface area contributed by atoms with Gasteiger partial charge in [0.2, 0.25) is 0 Å². The van der Waals surface area contributed by atoms with Crippen molar-refractivity contribution in [2.75, 3.05) is 32.8 Å². The monoisotopic (exact) mass is 388 g/mol. The summed E-state index contributed by atoms with van der Waals surface area (Å²) in [6.45, 7) is 3.81. The molecule has 0 radical (unpaired) electrons. The number of carbonyl (C=O) groups is 1. The highest BCUT2D eigenvalue weighted by molar-refractivity contribution is 9.10. The predicted octanol–water partition coefficient (Wildman–Crippen LogP) is 3.25. The average Bonchev–Trinajstić information content (AvgIpc) is 2.64. The number of benzene rings is 2. The van der Waals surface area contributed by atoms with Crippen molar-refractivity contribution >= 4 is 21.8 Å². The van der Waals surface area contributed by atoms with E-state index in [1.54, 1.807) is 0 Å². The SMILES string of the molecule is O=C(NC[C@@H](c1ccccc1)N1CCOCC1)c1ccccc1Br. The zero-order chi connectivity index (χ0) is 16.8. The topological polar surface area (TPSA) is 41.6 Å². The van der Waals surface area contributed by atoms with Crippen LogP contribution in [0.1, 0.15) is 22.0 Å². The number of ether oxygens (including phenoxy) is 1. The maximum absolute atomic E-state index is 12.5. The summed E-state index contributed by atoms with van der Waals surface area (Å²) in [6, 6.07) is 18.0. The fraction of sp³-hybridized carbons (Fsp3) is 0.316. The molecule has 0 aliphatic carbocycles. The van der Waals surface area contributed by atoms with Gasteiger partial charge in [0.1, 0.15) is 0 Å². The molecule has 0 saturated carbocycles. The first-order valence-electron chi connectivity index (χ1n) is 8.15. The predicted molar refractivity (Wildman–Crippen MR) is 98.1 cm³/mol. The smallest absolute Gasteiger partial charge is 0.252 e. The van der Waals surface area contributed by atoms with Crippen LogP contribution in [-0.4, -0.2) is 43.7 Å². The van der Waals surface area contributed by atoms with Crippen LogP contribution >= 0.6 is 15.9 Å². The molecule has 1 heterocycles. The molecule has 0 bridgehead atoms. The zero-order valence-electron chi connectivity index (χ0n) is 13.5. The van der Waals surface area contributed by atoms with Crippen molar-refractivity contribution in [1.82, 2.24) is 10.2 Å². The average molecular weight is 389 g/mol. The van der Waals surface area contributed by atoms with Gasteiger partial charge in [-0.3, -0.25) is 9.69 Å². The van der Waals surface area contributed by atoms with Gasteiger partial charge >= 0.3 is 0 Å². The van der Waals surface area contributed by atoms with E-state index in [0.717, 1.165) is 30.8 Å². The first-order valence-corrected chi connectivity index (χ1v) is 8.94. The van der Waals surface area contributed by atoms with E-state index in [1.165, 1.54) is 5.56 Å². The van der Waals surface area contributed by atoms with Crippen LogP contribution in [0.15, 0.2) is 59.1 Å². The lowest BCUT2D eigenvalue weighted by Crippen LogP contribution is -2.43. The van der Waals surface area contributed by atoms with E-state index in [-0.39, 0.29) is 11.9 Å². The summed E-state index contributed by atoms with van der Waals surface area (Å²) in [5, 5.41) is 3.08. The zero-order valence-corrected chi connectivity index (χ0v) is 15.0. The molecule has 1 fully saturated rings. The second-order valence-corrected chi connectivity index (χ2v) is 6.62. The number of carbonyl (C=O) groups excluding carboxylic acids is 1. The van der Waals surface area contributed by atoms with Crippen molar-refractivity contribution in [3.8, 4) is 0 Å². The first-order chi connectivity index (χ1) is 11.8. The van der Waals surface area contributed by atoms with Crippen molar-refractivity contribution in [3.05, 3.63) is 70.2 Å². The molecule has 1 aliphatic heterocycles. The summed E-state index contributed by atoms with van der Waals surface area (Å²) in [5.74, 6) is -0.0586. The Morgan fingerprint density at radius 3 is 2.46 bits per heavy atom. The van der Waals surface area contributed by atoms with E-state index < -0.39 is 0 Å². The Bertz CT molecular complexity index is 672. The maximum atomic E-state index is 12.5. The van der Waals surface area contributed by atoms with E-state index in [2.05, 4.69) is 38.3 Å². The number of nitrogens with one attached hydrogen (secondary N) is 1. The molecule has 0 aromatic heterocycles. The van der Waals surface area contributed by atoms with Crippen LogP contribution in [0.25, 0.3) is 0 Å². The molecule has 1 aliphatic rings. The Hall–Kier alpha value is -1.69. The van der Waals surface area contributed by atoms with Crippen LogP contribution in [0.4, 0.5) is 0 Å². The highest BCUT2D eigenvalue weighted by atomic mass is 79.9. The molecule has 1 amide bonds. The first kappa shape index (κ1) is 17.1. The van der Waals surface area contributed by atoms with Crippen LogP contribution in [0.3, 0.4) is 0 Å². The molecule has 24 heavy (non-hydrogen) atoms. The van der Waals surface area contributed by atoms with Crippen molar-refractivity contribution in [2.24, 2.45) is 0 Å². The quantitative estimate of drug-likeness (QED) is 0.854. The molecule has 126 valence electrons.